The number of anilines is 2. The molecule has 0 radical (unpaired) electrons. The van der Waals surface area contributed by atoms with E-state index in [1.54, 1.807) is 30.1 Å². The number of methoxy groups -OCH3 is 1. The molecule has 9 heteroatoms. The molecule has 4 rings (SSSR count). The second-order valence-electron chi connectivity index (χ2n) is 8.71. The van der Waals surface area contributed by atoms with Crippen LogP contribution in [0.4, 0.5) is 17.1 Å². The topological polar surface area (TPSA) is 91.3 Å². The molecule has 0 spiro atoms. The molecule has 2 aromatic carbocycles. The van der Waals surface area contributed by atoms with E-state index in [4.69, 9.17) is 9.73 Å². The summed E-state index contributed by atoms with van der Waals surface area (Å²) in [6.07, 6.45) is 0.430. The van der Waals surface area contributed by atoms with Gasteiger partial charge in [-0.15, -0.1) is 11.3 Å². The van der Waals surface area contributed by atoms with Crippen LogP contribution in [-0.2, 0) is 14.3 Å². The van der Waals surface area contributed by atoms with Gasteiger partial charge in [0.25, 0.3) is 0 Å². The molecule has 1 N–H and O–H groups in total. The SMILES string of the molecule is COC(=O)c1ccc2c(c1)NC(=O)C2C(=Nc1ccc(N(C)C(=O)CCN(C)C)cc1)c1cccs1. The van der Waals surface area contributed by atoms with Gasteiger partial charge in [0.05, 0.1) is 24.1 Å². The average Bonchev–Trinajstić information content (AvgIpc) is 3.52. The third kappa shape index (κ3) is 5.37. The number of amides is 2. The number of thiophene rings is 1. The number of carbonyl (C=O) groups excluding carboxylic acids is 3. The second-order valence-corrected chi connectivity index (χ2v) is 9.66. The van der Waals surface area contributed by atoms with Gasteiger partial charge in [-0.3, -0.25) is 14.6 Å². The van der Waals surface area contributed by atoms with Gasteiger partial charge in [-0.25, -0.2) is 4.79 Å². The van der Waals surface area contributed by atoms with Crippen molar-refractivity contribution in [1.82, 2.24) is 4.90 Å². The van der Waals surface area contributed by atoms with Crippen molar-refractivity contribution in [3.8, 4) is 0 Å². The first kappa shape index (κ1) is 25.3. The Morgan fingerprint density at radius 2 is 1.83 bits per heavy atom. The number of nitrogens with zero attached hydrogens (tertiary/aromatic N) is 3. The van der Waals surface area contributed by atoms with Crippen LogP contribution in [0.3, 0.4) is 0 Å². The van der Waals surface area contributed by atoms with Gasteiger partial charge in [-0.05, 0) is 67.5 Å². The number of aliphatic imine (C=N–C) groups is 1. The largest absolute Gasteiger partial charge is 0.465 e. The first-order chi connectivity index (χ1) is 17.3. The van der Waals surface area contributed by atoms with Crippen LogP contribution in [0.5, 0.6) is 0 Å². The number of benzene rings is 2. The number of esters is 1. The van der Waals surface area contributed by atoms with E-state index in [-0.39, 0.29) is 11.8 Å². The molecule has 1 unspecified atom stereocenters. The van der Waals surface area contributed by atoms with E-state index < -0.39 is 11.9 Å². The molecule has 0 aliphatic carbocycles. The zero-order valence-corrected chi connectivity index (χ0v) is 21.5. The summed E-state index contributed by atoms with van der Waals surface area (Å²) in [5, 5.41) is 4.82. The van der Waals surface area contributed by atoms with Crippen molar-refractivity contribution in [2.24, 2.45) is 4.99 Å². The molecular formula is C27H28N4O4S. The molecule has 1 atom stereocenters. The highest BCUT2D eigenvalue weighted by molar-refractivity contribution is 7.12. The molecule has 3 aromatic rings. The average molecular weight is 505 g/mol. The third-order valence-electron chi connectivity index (χ3n) is 5.99. The van der Waals surface area contributed by atoms with E-state index in [1.165, 1.54) is 18.4 Å². The Balaban J connectivity index is 1.65. The summed E-state index contributed by atoms with van der Waals surface area (Å²) in [7, 11) is 6.95. The molecule has 1 aliphatic rings. The summed E-state index contributed by atoms with van der Waals surface area (Å²) >= 11 is 1.50. The molecule has 2 heterocycles. The summed E-state index contributed by atoms with van der Waals surface area (Å²) in [5.41, 5.74) is 3.76. The summed E-state index contributed by atoms with van der Waals surface area (Å²) in [6, 6.07) is 16.3. The number of rotatable bonds is 8. The van der Waals surface area contributed by atoms with Crippen LogP contribution in [0.1, 0.15) is 33.1 Å². The van der Waals surface area contributed by atoms with Gasteiger partial charge in [-0.2, -0.15) is 0 Å². The van der Waals surface area contributed by atoms with E-state index in [0.717, 1.165) is 16.1 Å². The molecule has 0 bridgehead atoms. The zero-order valence-electron chi connectivity index (χ0n) is 20.6. The van der Waals surface area contributed by atoms with Gasteiger partial charge in [0.1, 0.15) is 5.92 Å². The quantitative estimate of drug-likeness (QED) is 0.365. The van der Waals surface area contributed by atoms with Gasteiger partial charge < -0.3 is 19.9 Å². The fraction of sp³-hybridized carbons (Fsp3) is 0.259. The van der Waals surface area contributed by atoms with Crippen molar-refractivity contribution in [2.75, 3.05) is 45.0 Å². The fourth-order valence-electron chi connectivity index (χ4n) is 3.99. The monoisotopic (exact) mass is 504 g/mol. The fourth-order valence-corrected chi connectivity index (χ4v) is 4.73. The molecule has 8 nitrogen and oxygen atoms in total. The molecule has 2 amide bonds. The molecule has 0 fully saturated rings. The summed E-state index contributed by atoms with van der Waals surface area (Å²) in [5.74, 6) is -1.26. The number of ether oxygens (including phenoxy) is 1. The summed E-state index contributed by atoms with van der Waals surface area (Å²) in [6.45, 7) is 0.682. The highest BCUT2D eigenvalue weighted by Crippen LogP contribution is 2.38. The van der Waals surface area contributed by atoms with Crippen LogP contribution in [0.25, 0.3) is 0 Å². The van der Waals surface area contributed by atoms with Crippen LogP contribution >= 0.6 is 11.3 Å². The van der Waals surface area contributed by atoms with Crippen molar-refractivity contribution in [2.45, 2.75) is 12.3 Å². The Morgan fingerprint density at radius 1 is 1.08 bits per heavy atom. The minimum absolute atomic E-state index is 0.0322. The Hall–Kier alpha value is -3.82. The van der Waals surface area contributed by atoms with Gasteiger partial charge in [-0.1, -0.05) is 12.1 Å². The predicted molar refractivity (Wildman–Crippen MR) is 143 cm³/mol. The lowest BCUT2D eigenvalue weighted by molar-refractivity contribution is -0.118. The van der Waals surface area contributed by atoms with Crippen molar-refractivity contribution in [1.29, 1.82) is 0 Å². The van der Waals surface area contributed by atoms with E-state index >= 15 is 0 Å². The predicted octanol–water partition coefficient (Wildman–Crippen LogP) is 4.31. The van der Waals surface area contributed by atoms with Crippen molar-refractivity contribution >= 4 is 51.9 Å². The van der Waals surface area contributed by atoms with Crippen LogP contribution in [0.2, 0.25) is 0 Å². The highest BCUT2D eigenvalue weighted by atomic mass is 32.1. The maximum atomic E-state index is 13.1. The lowest BCUT2D eigenvalue weighted by Crippen LogP contribution is -2.29. The number of hydrogen-bond donors (Lipinski definition) is 1. The van der Waals surface area contributed by atoms with Gasteiger partial charge in [0.15, 0.2) is 0 Å². The summed E-state index contributed by atoms with van der Waals surface area (Å²) in [4.78, 5) is 46.9. The van der Waals surface area contributed by atoms with Crippen molar-refractivity contribution in [3.05, 3.63) is 76.0 Å². The van der Waals surface area contributed by atoms with Crippen molar-refractivity contribution in [3.63, 3.8) is 0 Å². The smallest absolute Gasteiger partial charge is 0.337 e. The third-order valence-corrected chi connectivity index (χ3v) is 6.88. The minimum atomic E-state index is -0.625. The standard InChI is InChI=1S/C27H28N4O4S/c1-30(2)14-13-23(32)31(3)19-10-8-18(9-11-19)28-25(22-6-5-15-36-22)24-20-12-7-17(27(34)35-4)16-21(20)29-26(24)33/h5-12,15-16,24H,13-14H2,1-4H3,(H,29,33). The number of nitrogens with one attached hydrogen (secondary N) is 1. The lowest BCUT2D eigenvalue weighted by Gasteiger charge is -2.19. The molecule has 186 valence electrons. The molecule has 0 saturated carbocycles. The Labute approximate surface area is 214 Å². The van der Waals surface area contributed by atoms with Crippen molar-refractivity contribution < 1.29 is 19.1 Å². The van der Waals surface area contributed by atoms with Crippen LogP contribution in [0.15, 0.2) is 65.0 Å². The van der Waals surface area contributed by atoms with E-state index in [1.807, 2.05) is 60.8 Å². The molecular weight excluding hydrogens is 476 g/mol. The number of carbonyl (C=O) groups is 3. The Bertz CT molecular complexity index is 1300. The maximum Gasteiger partial charge on any atom is 0.337 e. The Morgan fingerprint density at radius 3 is 2.47 bits per heavy atom. The van der Waals surface area contributed by atoms with E-state index in [0.29, 0.717) is 35.6 Å². The van der Waals surface area contributed by atoms with E-state index in [9.17, 15) is 14.4 Å². The lowest BCUT2D eigenvalue weighted by atomic mass is 9.93. The molecule has 0 saturated heterocycles. The van der Waals surface area contributed by atoms with E-state index in [2.05, 4.69) is 5.32 Å². The van der Waals surface area contributed by atoms with Crippen LogP contribution in [0, 0.1) is 0 Å². The molecule has 1 aliphatic heterocycles. The Kier molecular flexibility index (Phi) is 7.61. The first-order valence-corrected chi connectivity index (χ1v) is 12.3. The van der Waals surface area contributed by atoms with Crippen LogP contribution < -0.4 is 10.2 Å². The van der Waals surface area contributed by atoms with Gasteiger partial charge in [0, 0.05) is 36.3 Å². The number of hydrogen-bond acceptors (Lipinski definition) is 7. The molecule has 1 aromatic heterocycles. The van der Waals surface area contributed by atoms with Gasteiger partial charge >= 0.3 is 5.97 Å². The van der Waals surface area contributed by atoms with Gasteiger partial charge in [0.2, 0.25) is 11.8 Å². The molecule has 36 heavy (non-hydrogen) atoms. The second kappa shape index (κ2) is 10.8. The van der Waals surface area contributed by atoms with Crippen LogP contribution in [-0.4, -0.2) is 63.2 Å². The zero-order chi connectivity index (χ0) is 25.8. The maximum absolute atomic E-state index is 13.1. The first-order valence-electron chi connectivity index (χ1n) is 11.5. The minimum Gasteiger partial charge on any atom is -0.465 e. The normalized spacial score (nSPS) is 15.0. The number of fused-ring (bicyclic) bond motifs is 1. The summed E-state index contributed by atoms with van der Waals surface area (Å²) < 4.78 is 4.80. The highest BCUT2D eigenvalue weighted by Gasteiger charge is 2.36.